The van der Waals surface area contributed by atoms with Gasteiger partial charge in [0.25, 0.3) is 0 Å². The summed E-state index contributed by atoms with van der Waals surface area (Å²) >= 11 is 0. The van der Waals surface area contributed by atoms with Gasteiger partial charge in [0.15, 0.2) is 0 Å². The Labute approximate surface area is 146 Å². The molecule has 0 unspecified atom stereocenters. The summed E-state index contributed by atoms with van der Waals surface area (Å²) in [5, 5.41) is 0. The van der Waals surface area contributed by atoms with Gasteiger partial charge in [-0.05, 0) is 49.0 Å². The summed E-state index contributed by atoms with van der Waals surface area (Å²) in [6, 6.07) is 6.66. The Kier molecular flexibility index (Phi) is 7.32. The number of carbonyl (C=O) groups is 1. The van der Waals surface area contributed by atoms with Crippen molar-refractivity contribution in [3.63, 3.8) is 0 Å². The zero-order valence-corrected chi connectivity index (χ0v) is 15.1. The summed E-state index contributed by atoms with van der Waals surface area (Å²) in [6.07, 6.45) is 5.74. The van der Waals surface area contributed by atoms with E-state index in [1.807, 2.05) is 4.90 Å². The third-order valence-electron chi connectivity index (χ3n) is 4.49. The maximum atomic E-state index is 12.1. The molecule has 0 bridgehead atoms. The Morgan fingerprint density at radius 2 is 2.29 bits per heavy atom. The molecule has 0 radical (unpaired) electrons. The van der Waals surface area contributed by atoms with Gasteiger partial charge in [0, 0.05) is 45.6 Å². The van der Waals surface area contributed by atoms with Gasteiger partial charge < -0.3 is 14.5 Å². The monoisotopic (exact) mass is 330 g/mol. The largest absolute Gasteiger partial charge is 0.385 e. The number of methoxy groups -OCH3 is 1. The van der Waals surface area contributed by atoms with Gasteiger partial charge in [-0.1, -0.05) is 25.6 Å². The number of ether oxygens (including phenoxy) is 1. The first-order valence-corrected chi connectivity index (χ1v) is 8.96. The summed E-state index contributed by atoms with van der Waals surface area (Å²) in [6.45, 7) is 10.1. The maximum absolute atomic E-state index is 12.1. The summed E-state index contributed by atoms with van der Waals surface area (Å²) in [4.78, 5) is 16.4. The minimum Gasteiger partial charge on any atom is -0.385 e. The SMILES string of the molecule is C=CC(=O)N(CCCOC)Cc1ccc2c(c1)CCCN2CCC. The van der Waals surface area contributed by atoms with Crippen LogP contribution in [0.4, 0.5) is 5.69 Å². The van der Waals surface area contributed by atoms with E-state index in [1.165, 1.54) is 35.7 Å². The molecule has 0 atom stereocenters. The Hall–Kier alpha value is -1.81. The smallest absolute Gasteiger partial charge is 0.246 e. The van der Waals surface area contributed by atoms with Crippen molar-refractivity contribution in [1.29, 1.82) is 0 Å². The normalized spacial score (nSPS) is 13.5. The Morgan fingerprint density at radius 1 is 1.46 bits per heavy atom. The van der Waals surface area contributed by atoms with Crippen molar-refractivity contribution < 1.29 is 9.53 Å². The van der Waals surface area contributed by atoms with E-state index in [9.17, 15) is 4.79 Å². The molecule has 0 saturated carbocycles. The number of benzene rings is 1. The molecule has 1 amide bonds. The maximum Gasteiger partial charge on any atom is 0.246 e. The zero-order valence-electron chi connectivity index (χ0n) is 15.1. The lowest BCUT2D eigenvalue weighted by Gasteiger charge is -2.32. The molecule has 1 aromatic carbocycles. The second-order valence-electron chi connectivity index (χ2n) is 6.36. The average molecular weight is 330 g/mol. The number of carbonyl (C=O) groups excluding carboxylic acids is 1. The molecule has 1 aliphatic rings. The zero-order chi connectivity index (χ0) is 17.4. The predicted molar refractivity (Wildman–Crippen MR) is 99.4 cm³/mol. The van der Waals surface area contributed by atoms with Gasteiger partial charge in [0.2, 0.25) is 5.91 Å². The first-order valence-electron chi connectivity index (χ1n) is 8.96. The molecule has 0 fully saturated rings. The van der Waals surface area contributed by atoms with Gasteiger partial charge >= 0.3 is 0 Å². The van der Waals surface area contributed by atoms with Crippen molar-refractivity contribution in [2.24, 2.45) is 0 Å². The number of hydrogen-bond acceptors (Lipinski definition) is 3. The number of amides is 1. The van der Waals surface area contributed by atoms with Crippen LogP contribution in [-0.2, 0) is 22.5 Å². The quantitative estimate of drug-likeness (QED) is 0.514. The van der Waals surface area contributed by atoms with Crippen LogP contribution in [0.3, 0.4) is 0 Å². The first-order chi connectivity index (χ1) is 11.7. The molecule has 0 saturated heterocycles. The van der Waals surface area contributed by atoms with Gasteiger partial charge in [0.1, 0.15) is 0 Å². The van der Waals surface area contributed by atoms with Crippen molar-refractivity contribution in [3.05, 3.63) is 42.0 Å². The standard InChI is InChI=1S/C20H30N2O2/c1-4-11-21-12-6-8-18-15-17(9-10-19(18)21)16-22(20(23)5-2)13-7-14-24-3/h5,9-10,15H,2,4,6-8,11-14,16H2,1,3H3. The van der Waals surface area contributed by atoms with Crippen LogP contribution < -0.4 is 4.90 Å². The fraction of sp³-hybridized carbons (Fsp3) is 0.550. The van der Waals surface area contributed by atoms with E-state index in [-0.39, 0.29) is 5.91 Å². The summed E-state index contributed by atoms with van der Waals surface area (Å²) in [7, 11) is 1.69. The molecule has 1 aromatic rings. The number of anilines is 1. The summed E-state index contributed by atoms with van der Waals surface area (Å²) in [5.41, 5.74) is 3.97. The van der Waals surface area contributed by atoms with Gasteiger partial charge in [-0.25, -0.2) is 0 Å². The molecule has 1 heterocycles. The van der Waals surface area contributed by atoms with Gasteiger partial charge in [-0.15, -0.1) is 0 Å². The summed E-state index contributed by atoms with van der Waals surface area (Å²) < 4.78 is 5.10. The topological polar surface area (TPSA) is 32.8 Å². The molecule has 1 aliphatic heterocycles. The fourth-order valence-corrected chi connectivity index (χ4v) is 3.35. The van der Waals surface area contributed by atoms with Crippen molar-refractivity contribution in [3.8, 4) is 0 Å². The van der Waals surface area contributed by atoms with Crippen molar-refractivity contribution in [2.45, 2.75) is 39.2 Å². The number of rotatable bonds is 9. The third-order valence-corrected chi connectivity index (χ3v) is 4.49. The molecule has 0 N–H and O–H groups in total. The van der Waals surface area contributed by atoms with Crippen molar-refractivity contribution in [1.82, 2.24) is 4.90 Å². The Bertz CT molecular complexity index is 557. The highest BCUT2D eigenvalue weighted by atomic mass is 16.5. The minimum absolute atomic E-state index is 0.0172. The van der Waals surface area contributed by atoms with Crippen LogP contribution in [0.15, 0.2) is 30.9 Å². The molecule has 24 heavy (non-hydrogen) atoms. The molecular weight excluding hydrogens is 300 g/mol. The van der Waals surface area contributed by atoms with Crippen LogP contribution in [-0.4, -0.2) is 44.2 Å². The molecule has 0 aliphatic carbocycles. The third kappa shape index (κ3) is 4.84. The molecular formula is C20H30N2O2. The lowest BCUT2D eigenvalue weighted by atomic mass is 9.98. The van der Waals surface area contributed by atoms with Crippen LogP contribution >= 0.6 is 0 Å². The number of aryl methyl sites for hydroxylation is 1. The fourth-order valence-electron chi connectivity index (χ4n) is 3.35. The molecule has 0 aromatic heterocycles. The van der Waals surface area contributed by atoms with Crippen molar-refractivity contribution >= 4 is 11.6 Å². The van der Waals surface area contributed by atoms with E-state index in [1.54, 1.807) is 7.11 Å². The van der Waals surface area contributed by atoms with Crippen molar-refractivity contribution in [2.75, 3.05) is 38.3 Å². The van der Waals surface area contributed by atoms with E-state index < -0.39 is 0 Å². The Balaban J connectivity index is 2.10. The van der Waals surface area contributed by atoms with Crippen LogP contribution in [0.2, 0.25) is 0 Å². The van der Waals surface area contributed by atoms with E-state index >= 15 is 0 Å². The van der Waals surface area contributed by atoms with Gasteiger partial charge in [-0.2, -0.15) is 0 Å². The molecule has 2 rings (SSSR count). The molecule has 4 heteroatoms. The summed E-state index contributed by atoms with van der Waals surface area (Å²) in [5.74, 6) is -0.0172. The second-order valence-corrected chi connectivity index (χ2v) is 6.36. The van der Waals surface area contributed by atoms with Crippen LogP contribution in [0.25, 0.3) is 0 Å². The molecule has 0 spiro atoms. The number of fused-ring (bicyclic) bond motifs is 1. The number of nitrogens with zero attached hydrogens (tertiary/aromatic N) is 2. The van der Waals surface area contributed by atoms with Crippen LogP contribution in [0.1, 0.15) is 37.3 Å². The Morgan fingerprint density at radius 3 is 3.00 bits per heavy atom. The molecule has 4 nitrogen and oxygen atoms in total. The highest BCUT2D eigenvalue weighted by Gasteiger charge is 2.17. The highest BCUT2D eigenvalue weighted by molar-refractivity contribution is 5.87. The average Bonchev–Trinajstić information content (AvgIpc) is 2.60. The highest BCUT2D eigenvalue weighted by Crippen LogP contribution is 2.28. The molecule has 132 valence electrons. The second kappa shape index (κ2) is 9.48. The van der Waals surface area contributed by atoms with E-state index in [0.29, 0.717) is 19.7 Å². The van der Waals surface area contributed by atoms with Crippen LogP contribution in [0, 0.1) is 0 Å². The van der Waals surface area contributed by atoms with E-state index in [2.05, 4.69) is 36.6 Å². The lowest BCUT2D eigenvalue weighted by Crippen LogP contribution is -2.31. The van der Waals surface area contributed by atoms with E-state index in [4.69, 9.17) is 4.74 Å². The first kappa shape index (κ1) is 18.5. The van der Waals surface area contributed by atoms with Gasteiger partial charge in [0.05, 0.1) is 0 Å². The minimum atomic E-state index is -0.0172. The van der Waals surface area contributed by atoms with Gasteiger partial charge in [-0.3, -0.25) is 4.79 Å². The number of hydrogen-bond donors (Lipinski definition) is 0. The van der Waals surface area contributed by atoms with E-state index in [0.717, 1.165) is 25.9 Å². The predicted octanol–water partition coefficient (Wildman–Crippen LogP) is 3.40. The van der Waals surface area contributed by atoms with Crippen LogP contribution in [0.5, 0.6) is 0 Å². The lowest BCUT2D eigenvalue weighted by molar-refractivity contribution is -0.126.